The summed E-state index contributed by atoms with van der Waals surface area (Å²) in [4.78, 5) is 14.1. The van der Waals surface area contributed by atoms with Crippen LogP contribution in [0.25, 0.3) is 66.0 Å². The largest absolute Gasteiger partial charge is 0.309 e. The summed E-state index contributed by atoms with van der Waals surface area (Å²) in [5.41, 5.74) is 7.22. The molecule has 3 aromatic carbocycles. The second-order valence-electron chi connectivity index (χ2n) is 8.58. The fourth-order valence-electron chi connectivity index (χ4n) is 5.49. The summed E-state index contributed by atoms with van der Waals surface area (Å²) in [6, 6.07) is 29.7. The van der Waals surface area contributed by atoms with E-state index in [1.54, 1.807) is 6.20 Å². The van der Waals surface area contributed by atoms with Gasteiger partial charge in [0.1, 0.15) is 5.65 Å². The van der Waals surface area contributed by atoms with Crippen molar-refractivity contribution in [3.63, 3.8) is 0 Å². The highest BCUT2D eigenvalue weighted by atomic mass is 15.1. The van der Waals surface area contributed by atoms with Gasteiger partial charge in [0.15, 0.2) is 5.65 Å². The van der Waals surface area contributed by atoms with Gasteiger partial charge >= 0.3 is 0 Å². The Morgan fingerprint density at radius 1 is 0.559 bits per heavy atom. The molecule has 0 atom stereocenters. The second-order valence-corrected chi connectivity index (χ2v) is 8.58. The molecule has 5 nitrogen and oxygen atoms in total. The zero-order chi connectivity index (χ0) is 22.2. The minimum atomic E-state index is 0.747. The van der Waals surface area contributed by atoms with Crippen LogP contribution in [0.4, 0.5) is 0 Å². The molecule has 0 fully saturated rings. The number of imidazole rings is 1. The summed E-state index contributed by atoms with van der Waals surface area (Å²) >= 11 is 0. The van der Waals surface area contributed by atoms with Crippen molar-refractivity contribution in [2.75, 3.05) is 0 Å². The van der Waals surface area contributed by atoms with Crippen molar-refractivity contribution in [2.24, 2.45) is 0 Å². The fraction of sp³-hybridized carbons (Fsp3) is 0. The topological polar surface area (TPSA) is 48.0 Å². The van der Waals surface area contributed by atoms with Crippen LogP contribution in [0.5, 0.6) is 0 Å². The van der Waals surface area contributed by atoms with E-state index in [0.29, 0.717) is 0 Å². The van der Waals surface area contributed by atoms with Crippen LogP contribution >= 0.6 is 0 Å². The van der Waals surface area contributed by atoms with Crippen LogP contribution < -0.4 is 0 Å². The second kappa shape index (κ2) is 6.39. The van der Waals surface area contributed by atoms with E-state index in [9.17, 15) is 0 Å². The molecule has 0 radical (unpaired) electrons. The van der Waals surface area contributed by atoms with Crippen LogP contribution in [0.1, 0.15) is 0 Å². The number of benzene rings is 3. The maximum atomic E-state index is 5.05. The van der Waals surface area contributed by atoms with Crippen molar-refractivity contribution in [1.82, 2.24) is 23.9 Å². The van der Waals surface area contributed by atoms with Gasteiger partial charge in [0.2, 0.25) is 0 Å². The molecule has 0 aliphatic rings. The van der Waals surface area contributed by atoms with Crippen LogP contribution in [0.15, 0.2) is 104 Å². The zero-order valence-electron chi connectivity index (χ0n) is 18.1. The van der Waals surface area contributed by atoms with Gasteiger partial charge in [-0.05, 0) is 47.9 Å². The molecule has 5 heterocycles. The number of para-hydroxylation sites is 2. The Balaban J connectivity index is 1.73. The van der Waals surface area contributed by atoms with Crippen LogP contribution in [0.2, 0.25) is 0 Å². The van der Waals surface area contributed by atoms with Crippen molar-refractivity contribution in [3.8, 4) is 5.69 Å². The van der Waals surface area contributed by atoms with Crippen molar-refractivity contribution >= 4 is 60.3 Å². The Bertz CT molecular complexity index is 2070. The lowest BCUT2D eigenvalue weighted by atomic mass is 10.0. The van der Waals surface area contributed by atoms with E-state index in [4.69, 9.17) is 4.98 Å². The maximum Gasteiger partial charge on any atom is 0.178 e. The third-order valence-electron chi connectivity index (χ3n) is 6.84. The number of hydrogen-bond donors (Lipinski definition) is 0. The number of fused-ring (bicyclic) bond motifs is 12. The van der Waals surface area contributed by atoms with Crippen molar-refractivity contribution in [1.29, 1.82) is 0 Å². The highest BCUT2D eigenvalue weighted by Crippen LogP contribution is 2.41. The number of nitrogens with zero attached hydrogens (tertiary/aromatic N) is 5. The quantitative estimate of drug-likeness (QED) is 0.270. The lowest BCUT2D eigenvalue weighted by Gasteiger charge is -2.11. The third kappa shape index (κ3) is 2.16. The molecular weight excluding hydrogens is 418 g/mol. The Morgan fingerprint density at radius 3 is 2.35 bits per heavy atom. The van der Waals surface area contributed by atoms with Gasteiger partial charge in [-0.1, -0.05) is 42.5 Å². The maximum absolute atomic E-state index is 5.05. The molecule has 0 aliphatic heterocycles. The minimum Gasteiger partial charge on any atom is -0.309 e. The summed E-state index contributed by atoms with van der Waals surface area (Å²) in [6.07, 6.45) is 5.61. The van der Waals surface area contributed by atoms with Gasteiger partial charge in [0.05, 0.1) is 22.1 Å². The zero-order valence-corrected chi connectivity index (χ0v) is 18.1. The monoisotopic (exact) mass is 435 g/mol. The summed E-state index contributed by atoms with van der Waals surface area (Å²) in [5, 5.41) is 5.78. The number of hydrogen-bond acceptors (Lipinski definition) is 3. The van der Waals surface area contributed by atoms with Gasteiger partial charge < -0.3 is 4.57 Å². The first kappa shape index (κ1) is 17.7. The molecule has 8 rings (SSSR count). The van der Waals surface area contributed by atoms with E-state index in [1.165, 1.54) is 16.3 Å². The van der Waals surface area contributed by atoms with Gasteiger partial charge in [-0.25, -0.2) is 9.97 Å². The molecule has 5 aromatic heterocycles. The van der Waals surface area contributed by atoms with Crippen LogP contribution in [0.3, 0.4) is 0 Å². The van der Waals surface area contributed by atoms with E-state index in [2.05, 4.69) is 97.8 Å². The first-order chi connectivity index (χ1) is 16.9. The average molecular weight is 435 g/mol. The molecule has 158 valence electrons. The molecule has 0 spiro atoms. The van der Waals surface area contributed by atoms with Crippen molar-refractivity contribution in [2.45, 2.75) is 0 Å². The average Bonchev–Trinajstić information content (AvgIpc) is 3.45. The highest BCUT2D eigenvalue weighted by Gasteiger charge is 2.20. The summed E-state index contributed by atoms with van der Waals surface area (Å²) in [7, 11) is 0. The molecule has 0 aliphatic carbocycles. The van der Waals surface area contributed by atoms with Gasteiger partial charge in [-0.2, -0.15) is 0 Å². The summed E-state index contributed by atoms with van der Waals surface area (Å²) < 4.78 is 4.57. The Hall–Kier alpha value is -4.77. The molecule has 0 unspecified atom stereocenters. The summed E-state index contributed by atoms with van der Waals surface area (Å²) in [6.45, 7) is 0. The summed E-state index contributed by atoms with van der Waals surface area (Å²) in [5.74, 6) is 0. The molecule has 0 saturated heterocycles. The Morgan fingerprint density at radius 2 is 1.41 bits per heavy atom. The van der Waals surface area contributed by atoms with Crippen molar-refractivity contribution < 1.29 is 0 Å². The number of rotatable bonds is 1. The third-order valence-corrected chi connectivity index (χ3v) is 6.84. The van der Waals surface area contributed by atoms with Gasteiger partial charge in [-0.3, -0.25) is 9.38 Å². The molecular formula is C29H17N5. The smallest absolute Gasteiger partial charge is 0.178 e. The SMILES string of the molecule is c1ccc(-n2c3ccccc3c3c4c(ccc32)c2cnccc2n2c3cccnc3nc42)cc1. The molecule has 34 heavy (non-hydrogen) atoms. The fourth-order valence-corrected chi connectivity index (χ4v) is 5.49. The van der Waals surface area contributed by atoms with Gasteiger partial charge in [0, 0.05) is 45.8 Å². The van der Waals surface area contributed by atoms with Crippen LogP contribution in [-0.4, -0.2) is 23.9 Å². The predicted octanol–water partition coefficient (Wildman–Crippen LogP) is 6.68. The molecule has 0 saturated carbocycles. The van der Waals surface area contributed by atoms with E-state index in [0.717, 1.165) is 49.7 Å². The number of pyridine rings is 3. The van der Waals surface area contributed by atoms with E-state index < -0.39 is 0 Å². The lowest BCUT2D eigenvalue weighted by molar-refractivity contribution is 1.18. The first-order valence-corrected chi connectivity index (χ1v) is 11.3. The molecule has 8 aromatic rings. The van der Waals surface area contributed by atoms with Gasteiger partial charge in [-0.15, -0.1) is 0 Å². The molecule has 0 bridgehead atoms. The van der Waals surface area contributed by atoms with Crippen LogP contribution in [-0.2, 0) is 0 Å². The normalized spacial score (nSPS) is 12.1. The number of aromatic nitrogens is 5. The predicted molar refractivity (Wildman–Crippen MR) is 138 cm³/mol. The molecule has 0 amide bonds. The Kier molecular flexibility index (Phi) is 3.34. The van der Waals surface area contributed by atoms with Gasteiger partial charge in [0.25, 0.3) is 0 Å². The van der Waals surface area contributed by atoms with E-state index >= 15 is 0 Å². The van der Waals surface area contributed by atoms with Crippen molar-refractivity contribution in [3.05, 3.63) is 104 Å². The molecule has 5 heteroatoms. The van der Waals surface area contributed by atoms with E-state index in [-0.39, 0.29) is 0 Å². The first-order valence-electron chi connectivity index (χ1n) is 11.3. The minimum absolute atomic E-state index is 0.747. The lowest BCUT2D eigenvalue weighted by Crippen LogP contribution is -1.94. The molecule has 0 N–H and O–H groups in total. The van der Waals surface area contributed by atoms with E-state index in [1.807, 2.05) is 18.5 Å². The van der Waals surface area contributed by atoms with Crippen LogP contribution in [0, 0.1) is 0 Å². The highest BCUT2D eigenvalue weighted by molar-refractivity contribution is 6.29. The Labute approximate surface area is 193 Å². The standard InChI is InChI=1S/C29H17N5/c1-2-7-18(8-3-1)33-22-10-5-4-9-20(22)26-24(33)13-12-19-21-17-30-16-14-23(21)34-25-11-6-15-31-28(25)32-29(34)27(19)26/h1-17H.